The van der Waals surface area contributed by atoms with Crippen LogP contribution in [0.15, 0.2) is 36.7 Å². The minimum atomic E-state index is -0.659. The van der Waals surface area contributed by atoms with Gasteiger partial charge in [-0.3, -0.25) is 4.79 Å². The predicted octanol–water partition coefficient (Wildman–Crippen LogP) is 1.91. The highest BCUT2D eigenvalue weighted by Crippen LogP contribution is 2.18. The Bertz CT molecular complexity index is 608. The lowest BCUT2D eigenvalue weighted by molar-refractivity contribution is -0.144. The van der Waals surface area contributed by atoms with E-state index in [1.165, 1.54) is 4.90 Å². The summed E-state index contributed by atoms with van der Waals surface area (Å²) in [4.78, 5) is 31.6. The van der Waals surface area contributed by atoms with Crippen molar-refractivity contribution in [3.05, 3.63) is 48.0 Å². The van der Waals surface area contributed by atoms with Crippen LogP contribution >= 0.6 is 0 Å². The monoisotopic (exact) mass is 301 g/mol. The molecule has 0 radical (unpaired) electrons. The van der Waals surface area contributed by atoms with E-state index < -0.39 is 12.0 Å². The number of nitrogens with zero attached hydrogens (tertiary/aromatic N) is 2. The number of anilines is 1. The minimum Gasteiger partial charge on any atom is -0.464 e. The van der Waals surface area contributed by atoms with Crippen LogP contribution < -0.4 is 4.90 Å². The Labute approximate surface area is 129 Å². The van der Waals surface area contributed by atoms with E-state index in [9.17, 15) is 9.59 Å². The van der Waals surface area contributed by atoms with Crippen LogP contribution in [0.2, 0.25) is 0 Å². The summed E-state index contributed by atoms with van der Waals surface area (Å²) in [6.45, 7) is 3.67. The number of rotatable bonds is 7. The number of ether oxygens (including phenoxy) is 1. The number of esters is 1. The van der Waals surface area contributed by atoms with Crippen LogP contribution in [0.5, 0.6) is 0 Å². The maximum Gasteiger partial charge on any atom is 0.328 e. The zero-order valence-corrected chi connectivity index (χ0v) is 12.7. The Morgan fingerprint density at radius 3 is 2.68 bits per heavy atom. The summed E-state index contributed by atoms with van der Waals surface area (Å²) in [6, 6.07) is 6.77. The van der Waals surface area contributed by atoms with Crippen LogP contribution in [0.1, 0.15) is 25.2 Å². The van der Waals surface area contributed by atoms with Gasteiger partial charge in [0.25, 0.3) is 0 Å². The second-order valence-electron chi connectivity index (χ2n) is 4.82. The number of hydrogen-bond acceptors (Lipinski definition) is 4. The van der Waals surface area contributed by atoms with Gasteiger partial charge in [0.15, 0.2) is 0 Å². The van der Waals surface area contributed by atoms with Crippen molar-refractivity contribution in [2.75, 3.05) is 11.5 Å². The van der Waals surface area contributed by atoms with Crippen molar-refractivity contribution in [2.45, 2.75) is 26.3 Å². The maximum absolute atomic E-state index is 11.8. The number of carbonyl (C=O) groups excluding carboxylic acids is 2. The number of carbonyl (C=O) groups is 2. The quantitative estimate of drug-likeness (QED) is 0.626. The average molecular weight is 301 g/mol. The van der Waals surface area contributed by atoms with Crippen LogP contribution in [0.25, 0.3) is 0 Å². The molecular formula is C16H19N3O3. The van der Waals surface area contributed by atoms with Gasteiger partial charge in [0.1, 0.15) is 11.9 Å². The Morgan fingerprint density at radius 2 is 2.14 bits per heavy atom. The van der Waals surface area contributed by atoms with E-state index >= 15 is 0 Å². The van der Waals surface area contributed by atoms with Crippen LogP contribution in [-0.4, -0.2) is 35.0 Å². The van der Waals surface area contributed by atoms with E-state index in [2.05, 4.69) is 9.97 Å². The van der Waals surface area contributed by atoms with Crippen molar-refractivity contribution in [2.24, 2.45) is 0 Å². The molecule has 1 N–H and O–H groups in total. The highest BCUT2D eigenvalue weighted by Gasteiger charge is 2.22. The minimum absolute atomic E-state index is 0.290. The van der Waals surface area contributed by atoms with Gasteiger partial charge >= 0.3 is 5.97 Å². The van der Waals surface area contributed by atoms with E-state index in [4.69, 9.17) is 4.74 Å². The van der Waals surface area contributed by atoms with Crippen LogP contribution in [0.4, 0.5) is 5.69 Å². The molecule has 6 heteroatoms. The molecule has 0 aliphatic heterocycles. The number of aromatic amines is 1. The fourth-order valence-corrected chi connectivity index (χ4v) is 2.13. The lowest BCUT2D eigenvalue weighted by atomic mass is 10.1. The van der Waals surface area contributed by atoms with Crippen molar-refractivity contribution < 1.29 is 14.3 Å². The molecule has 1 heterocycles. The fraction of sp³-hybridized carbons (Fsp3) is 0.312. The first-order chi connectivity index (χ1) is 10.7. The molecule has 0 saturated carbocycles. The Balaban J connectivity index is 2.10. The van der Waals surface area contributed by atoms with Crippen molar-refractivity contribution in [3.8, 4) is 0 Å². The highest BCUT2D eigenvalue weighted by molar-refractivity contribution is 5.88. The average Bonchev–Trinajstić information content (AvgIpc) is 3.03. The number of aromatic nitrogens is 2. The van der Waals surface area contributed by atoms with Gasteiger partial charge in [0.05, 0.1) is 6.61 Å². The lowest BCUT2D eigenvalue weighted by Gasteiger charge is -2.23. The molecule has 0 saturated heterocycles. The Morgan fingerprint density at radius 1 is 1.41 bits per heavy atom. The molecule has 0 unspecified atom stereocenters. The number of amides is 1. The molecule has 22 heavy (non-hydrogen) atoms. The fourth-order valence-electron chi connectivity index (χ4n) is 2.13. The molecule has 6 nitrogen and oxygen atoms in total. The van der Waals surface area contributed by atoms with Gasteiger partial charge in [0.2, 0.25) is 6.41 Å². The summed E-state index contributed by atoms with van der Waals surface area (Å²) in [5.74, 6) is 0.453. The molecule has 0 fully saturated rings. The summed E-state index contributed by atoms with van der Waals surface area (Å²) >= 11 is 0. The van der Waals surface area contributed by atoms with Gasteiger partial charge < -0.3 is 14.6 Å². The summed E-state index contributed by atoms with van der Waals surface area (Å²) in [5, 5.41) is 0. The largest absolute Gasteiger partial charge is 0.464 e. The summed E-state index contributed by atoms with van der Waals surface area (Å²) < 4.78 is 4.95. The lowest BCUT2D eigenvalue weighted by Crippen LogP contribution is -2.39. The second kappa shape index (κ2) is 7.40. The first kappa shape index (κ1) is 15.8. The molecule has 1 amide bonds. The van der Waals surface area contributed by atoms with Gasteiger partial charge in [-0.25, -0.2) is 9.78 Å². The number of hydrogen-bond donors (Lipinski definition) is 1. The van der Waals surface area contributed by atoms with E-state index in [-0.39, 0.29) is 6.61 Å². The molecule has 1 atom stereocenters. The molecule has 116 valence electrons. The SMILES string of the molecule is CCOC(=O)[C@H](C)N(C=O)c1ccc(Cc2ncc[nH]2)cc1. The summed E-state index contributed by atoms with van der Waals surface area (Å²) in [6.07, 6.45) is 4.81. The predicted molar refractivity (Wildman–Crippen MR) is 82.5 cm³/mol. The van der Waals surface area contributed by atoms with Crippen molar-refractivity contribution in [1.29, 1.82) is 0 Å². The molecule has 1 aromatic heterocycles. The van der Waals surface area contributed by atoms with Crippen molar-refractivity contribution >= 4 is 18.1 Å². The van der Waals surface area contributed by atoms with E-state index in [1.807, 2.05) is 24.3 Å². The highest BCUT2D eigenvalue weighted by atomic mass is 16.5. The second-order valence-corrected chi connectivity index (χ2v) is 4.82. The normalized spacial score (nSPS) is 11.7. The third kappa shape index (κ3) is 3.72. The van der Waals surface area contributed by atoms with E-state index in [0.29, 0.717) is 18.5 Å². The van der Waals surface area contributed by atoms with Gasteiger partial charge in [-0.05, 0) is 31.5 Å². The molecular weight excluding hydrogens is 282 g/mol. The number of imidazole rings is 1. The van der Waals surface area contributed by atoms with Gasteiger partial charge in [0, 0.05) is 24.5 Å². The van der Waals surface area contributed by atoms with Gasteiger partial charge in [-0.2, -0.15) is 0 Å². The molecule has 0 bridgehead atoms. The van der Waals surface area contributed by atoms with Gasteiger partial charge in [-0.1, -0.05) is 12.1 Å². The Kier molecular flexibility index (Phi) is 5.30. The first-order valence-corrected chi connectivity index (χ1v) is 7.13. The summed E-state index contributed by atoms with van der Waals surface area (Å²) in [7, 11) is 0. The summed E-state index contributed by atoms with van der Waals surface area (Å²) in [5.41, 5.74) is 1.71. The molecule has 0 aliphatic rings. The number of benzene rings is 1. The third-order valence-electron chi connectivity index (χ3n) is 3.32. The zero-order chi connectivity index (χ0) is 15.9. The molecule has 2 rings (SSSR count). The van der Waals surface area contributed by atoms with Crippen LogP contribution in [-0.2, 0) is 20.7 Å². The zero-order valence-electron chi connectivity index (χ0n) is 12.7. The van der Waals surface area contributed by atoms with E-state index in [0.717, 1.165) is 11.4 Å². The molecule has 2 aromatic rings. The van der Waals surface area contributed by atoms with Gasteiger partial charge in [-0.15, -0.1) is 0 Å². The maximum atomic E-state index is 11.8. The van der Waals surface area contributed by atoms with Crippen LogP contribution in [0.3, 0.4) is 0 Å². The topological polar surface area (TPSA) is 75.3 Å². The smallest absolute Gasteiger partial charge is 0.328 e. The first-order valence-electron chi connectivity index (χ1n) is 7.13. The van der Waals surface area contributed by atoms with E-state index in [1.54, 1.807) is 26.2 Å². The Hall–Kier alpha value is -2.63. The van der Waals surface area contributed by atoms with Crippen molar-refractivity contribution in [3.63, 3.8) is 0 Å². The third-order valence-corrected chi connectivity index (χ3v) is 3.32. The number of H-pyrrole nitrogens is 1. The van der Waals surface area contributed by atoms with Crippen molar-refractivity contribution in [1.82, 2.24) is 9.97 Å². The molecule has 0 spiro atoms. The standard InChI is InChI=1S/C16H19N3O3/c1-3-22-16(21)12(2)19(11-20)14-6-4-13(5-7-14)10-15-17-8-9-18-15/h4-9,11-12H,3,10H2,1-2H3,(H,17,18)/t12-/m0/s1. The molecule has 0 aliphatic carbocycles. The molecule has 1 aromatic carbocycles. The number of nitrogens with one attached hydrogen (secondary N) is 1. The van der Waals surface area contributed by atoms with Crippen LogP contribution in [0, 0.1) is 0 Å².